The minimum Gasteiger partial charge on any atom is -0.699 e. The van der Waals surface area contributed by atoms with Gasteiger partial charge in [-0.2, -0.15) is 0 Å². The summed E-state index contributed by atoms with van der Waals surface area (Å²) in [6.45, 7) is 7.93. The van der Waals surface area contributed by atoms with Crippen molar-refractivity contribution in [1.29, 1.82) is 0 Å². The van der Waals surface area contributed by atoms with Crippen LogP contribution in [-0.2, 0) is 32.7 Å². The largest absolute Gasteiger partial charge is 0.699 e. The summed E-state index contributed by atoms with van der Waals surface area (Å²) in [6, 6.07) is 11.6. The zero-order valence-electron chi connectivity index (χ0n) is 16.6. The number of likely N-dealkylation sites (tertiary alicyclic amines) is 1. The number of nitrogens with one attached hydrogen (secondary N) is 2. The molecule has 0 aliphatic carbocycles. The van der Waals surface area contributed by atoms with Crippen molar-refractivity contribution < 1.29 is 37.5 Å². The first kappa shape index (κ1) is 27.2. The monoisotopic (exact) mass is 496 g/mol. The molecule has 1 fully saturated rings. The van der Waals surface area contributed by atoms with Crippen LogP contribution in [0.2, 0.25) is 10.0 Å². The molecule has 3 rings (SSSR count). The van der Waals surface area contributed by atoms with Gasteiger partial charge in [0.2, 0.25) is 0 Å². The maximum atomic E-state index is 12.1. The van der Waals surface area contributed by atoms with E-state index in [1.807, 2.05) is 18.7 Å². The number of halogens is 2. The van der Waals surface area contributed by atoms with Gasteiger partial charge >= 0.3 is 0 Å². The summed E-state index contributed by atoms with van der Waals surface area (Å²) in [5, 5.41) is 0.928. The van der Waals surface area contributed by atoms with E-state index in [-0.39, 0.29) is 38.6 Å². The molecular weight excluding hydrogens is 470 g/mol. The molecule has 0 atom stereocenters. The van der Waals surface area contributed by atoms with E-state index in [0.29, 0.717) is 27.0 Å². The first-order valence-corrected chi connectivity index (χ1v) is 9.90. The van der Waals surface area contributed by atoms with Crippen LogP contribution in [0.15, 0.2) is 42.5 Å². The second-order valence-electron chi connectivity index (χ2n) is 6.18. The summed E-state index contributed by atoms with van der Waals surface area (Å²) in [6.07, 6.45) is 2.18. The molecule has 2 aromatic rings. The van der Waals surface area contributed by atoms with Crippen LogP contribution < -0.4 is 0 Å². The Bertz CT molecular complexity index is 735. The quantitative estimate of drug-likeness (QED) is 0.394. The van der Waals surface area contributed by atoms with Crippen LogP contribution in [0.4, 0.5) is 11.4 Å². The number of benzene rings is 2. The van der Waals surface area contributed by atoms with Gasteiger partial charge in [-0.15, -0.1) is 11.4 Å². The average Bonchev–Trinajstić information content (AvgIpc) is 2.67. The van der Waals surface area contributed by atoms with Crippen molar-refractivity contribution in [3.8, 4) is 0 Å². The van der Waals surface area contributed by atoms with Gasteiger partial charge in [0.1, 0.15) is 0 Å². The van der Waals surface area contributed by atoms with Crippen molar-refractivity contribution in [3.05, 3.63) is 69.5 Å². The molecule has 1 heterocycles. The zero-order valence-corrected chi connectivity index (χ0v) is 21.0. The number of amides is 1. The molecule has 1 saturated heterocycles. The zero-order chi connectivity index (χ0) is 20.4. The molecule has 0 spiro atoms. The van der Waals surface area contributed by atoms with Gasteiger partial charge < -0.3 is 16.4 Å². The van der Waals surface area contributed by atoms with E-state index in [1.165, 1.54) is 6.07 Å². The molecule has 151 valence electrons. The number of hydrogen-bond acceptors (Lipinski definition) is 1. The van der Waals surface area contributed by atoms with Gasteiger partial charge in [0, 0.05) is 51.4 Å². The van der Waals surface area contributed by atoms with Crippen molar-refractivity contribution >= 4 is 40.5 Å². The third-order valence-corrected chi connectivity index (χ3v) is 4.84. The van der Waals surface area contributed by atoms with Crippen LogP contribution in [0.1, 0.15) is 44.0 Å². The third-order valence-electron chi connectivity index (χ3n) is 4.10. The number of rotatable bonds is 1. The Morgan fingerprint density at radius 3 is 2.04 bits per heavy atom. The predicted molar refractivity (Wildman–Crippen MR) is 117 cm³/mol. The van der Waals surface area contributed by atoms with Crippen molar-refractivity contribution in [2.75, 3.05) is 13.1 Å². The minimum absolute atomic E-state index is 0. The number of nitrogens with zero attached hydrogens (tertiary/aromatic N) is 1. The molecule has 0 saturated carbocycles. The first-order valence-electron chi connectivity index (χ1n) is 9.14. The fourth-order valence-corrected chi connectivity index (χ4v) is 2.84. The van der Waals surface area contributed by atoms with E-state index in [9.17, 15) is 4.79 Å². The van der Waals surface area contributed by atoms with E-state index in [4.69, 9.17) is 34.7 Å². The molecule has 1 aliphatic heterocycles. The molecule has 1 amide bonds. The van der Waals surface area contributed by atoms with Crippen LogP contribution in [0.5, 0.6) is 0 Å². The van der Waals surface area contributed by atoms with Gasteiger partial charge in [-0.05, 0) is 30.9 Å². The molecule has 1 aliphatic rings. The SMILES string of the molecule is CC.CC1CCN(C(=O)c2cccc([NH-])c2)CC1.[NH-]c1ccc(Cl)c(Cl)c1.[Y]. The summed E-state index contributed by atoms with van der Waals surface area (Å²) in [5.41, 5.74) is 16.0. The second kappa shape index (κ2) is 14.2. The molecule has 0 aromatic heterocycles. The Hall–Kier alpha value is -0.806. The molecule has 28 heavy (non-hydrogen) atoms. The Balaban J connectivity index is 0.000000521. The van der Waals surface area contributed by atoms with Crippen molar-refractivity contribution in [2.24, 2.45) is 5.92 Å². The molecular formula is C21H27Cl2N3OY-2. The second-order valence-corrected chi connectivity index (χ2v) is 7.00. The van der Waals surface area contributed by atoms with Crippen LogP contribution in [0.3, 0.4) is 0 Å². The maximum absolute atomic E-state index is 12.1. The van der Waals surface area contributed by atoms with Gasteiger partial charge in [-0.3, -0.25) is 4.79 Å². The summed E-state index contributed by atoms with van der Waals surface area (Å²) in [4.78, 5) is 14.0. The van der Waals surface area contributed by atoms with Gasteiger partial charge in [-0.25, -0.2) is 0 Å². The van der Waals surface area contributed by atoms with Crippen molar-refractivity contribution in [2.45, 2.75) is 33.6 Å². The van der Waals surface area contributed by atoms with Crippen LogP contribution in [0.25, 0.3) is 11.5 Å². The van der Waals surface area contributed by atoms with E-state index in [1.54, 1.807) is 36.4 Å². The Kier molecular flexibility index (Phi) is 13.8. The molecule has 2 N–H and O–H groups in total. The van der Waals surface area contributed by atoms with Gasteiger partial charge in [0.25, 0.3) is 5.91 Å². The fraction of sp³-hybridized carbons (Fsp3) is 0.381. The van der Waals surface area contributed by atoms with E-state index >= 15 is 0 Å². The molecule has 0 unspecified atom stereocenters. The van der Waals surface area contributed by atoms with E-state index in [0.717, 1.165) is 31.8 Å². The Labute approximate surface area is 203 Å². The Morgan fingerprint density at radius 1 is 0.964 bits per heavy atom. The van der Waals surface area contributed by atoms with Crippen LogP contribution >= 0.6 is 23.2 Å². The van der Waals surface area contributed by atoms with Gasteiger partial charge in [-0.1, -0.05) is 74.3 Å². The maximum Gasteiger partial charge on any atom is 0.253 e. The minimum atomic E-state index is 0. The van der Waals surface area contributed by atoms with Crippen molar-refractivity contribution in [1.82, 2.24) is 4.90 Å². The van der Waals surface area contributed by atoms with Crippen molar-refractivity contribution in [3.63, 3.8) is 0 Å². The predicted octanol–water partition coefficient (Wildman–Crippen LogP) is 7.94. The first-order chi connectivity index (χ1) is 12.9. The average molecular weight is 497 g/mol. The topological polar surface area (TPSA) is 67.9 Å². The number of carbonyl (C=O) groups is 1. The van der Waals surface area contributed by atoms with Crippen LogP contribution in [-0.4, -0.2) is 23.9 Å². The number of piperidine rings is 1. The van der Waals surface area contributed by atoms with Gasteiger partial charge in [0.15, 0.2) is 0 Å². The summed E-state index contributed by atoms with van der Waals surface area (Å²) >= 11 is 11.1. The summed E-state index contributed by atoms with van der Waals surface area (Å²) in [7, 11) is 0. The standard InChI is InChI=1S/C13H17N2O.C6H4Cl2N.C2H6.Y/c1-10-5-7-15(8-6-10)13(16)11-3-2-4-12(14)9-11;7-5-2-1-4(9)3-6(5)8;1-2;/h2-4,9-10,14H,5-8H2,1H3;1-3,9H;1-2H3;/q2*-1;;. The molecule has 7 heteroatoms. The molecule has 0 bridgehead atoms. The molecule has 1 radical (unpaired) electrons. The van der Waals surface area contributed by atoms with Gasteiger partial charge in [0.05, 0.1) is 10.0 Å². The summed E-state index contributed by atoms with van der Waals surface area (Å²) in [5.74, 6) is 0.799. The molecule has 4 nitrogen and oxygen atoms in total. The normalized spacial score (nSPS) is 13.2. The number of carbonyl (C=O) groups excluding carboxylic acids is 1. The Morgan fingerprint density at radius 2 is 1.54 bits per heavy atom. The van der Waals surface area contributed by atoms with Crippen LogP contribution in [0, 0.1) is 5.92 Å². The summed E-state index contributed by atoms with van der Waals surface area (Å²) < 4.78 is 0. The molecule has 2 aromatic carbocycles. The van der Waals surface area contributed by atoms with E-state index in [2.05, 4.69) is 6.92 Å². The smallest absolute Gasteiger partial charge is 0.253 e. The fourth-order valence-electron chi connectivity index (χ4n) is 2.54. The van der Waals surface area contributed by atoms with E-state index < -0.39 is 0 Å². The number of hydrogen-bond donors (Lipinski definition) is 0. The third kappa shape index (κ3) is 9.13.